The monoisotopic (exact) mass is 409 g/mol. The number of imide groups is 2. The average molecular weight is 410 g/mol. The highest BCUT2D eigenvalue weighted by molar-refractivity contribution is 6.24. The third-order valence-corrected chi connectivity index (χ3v) is 4.79. The summed E-state index contributed by atoms with van der Waals surface area (Å²) >= 11 is 0. The Morgan fingerprint density at radius 2 is 1.82 bits per heavy atom. The molecule has 1 aromatic rings. The van der Waals surface area contributed by atoms with E-state index >= 15 is 0 Å². The summed E-state index contributed by atoms with van der Waals surface area (Å²) < 4.78 is 5.74. The van der Waals surface area contributed by atoms with E-state index in [1.54, 1.807) is 18.2 Å². The summed E-state index contributed by atoms with van der Waals surface area (Å²) in [5.74, 6) is -1.75. The van der Waals surface area contributed by atoms with E-state index in [2.05, 4.69) is 5.32 Å². The first-order valence-electron chi connectivity index (χ1n) is 9.22. The zero-order valence-corrected chi connectivity index (χ0v) is 16.3. The quantitative estimate of drug-likeness (QED) is 0.495. The van der Waals surface area contributed by atoms with E-state index < -0.39 is 29.7 Å². The number of benzene rings is 1. The lowest BCUT2D eigenvalue weighted by molar-refractivity contribution is -0.136. The molecule has 1 fully saturated rings. The van der Waals surface area contributed by atoms with Crippen LogP contribution in [0.25, 0.3) is 0 Å². The Morgan fingerprint density at radius 3 is 2.54 bits per heavy atom. The Balaban J connectivity index is 0.00000280. The molecule has 8 nitrogen and oxygen atoms in total. The molecule has 1 aromatic carbocycles. The summed E-state index contributed by atoms with van der Waals surface area (Å²) in [5, 5.41) is 2.18. The minimum atomic E-state index is -0.973. The van der Waals surface area contributed by atoms with Crippen LogP contribution in [-0.4, -0.2) is 47.7 Å². The lowest BCUT2D eigenvalue weighted by atomic mass is 10.0. The number of hydrogen-bond acceptors (Lipinski definition) is 6. The summed E-state index contributed by atoms with van der Waals surface area (Å²) in [6.07, 6.45) is 4.01. The van der Waals surface area contributed by atoms with Crippen molar-refractivity contribution in [2.24, 2.45) is 5.73 Å². The van der Waals surface area contributed by atoms with Gasteiger partial charge in [-0.2, -0.15) is 0 Å². The van der Waals surface area contributed by atoms with E-state index in [0.717, 1.165) is 30.6 Å². The second kappa shape index (κ2) is 9.66. The van der Waals surface area contributed by atoms with Crippen LogP contribution < -0.4 is 15.8 Å². The summed E-state index contributed by atoms with van der Waals surface area (Å²) in [7, 11) is 0. The molecular weight excluding hydrogens is 386 g/mol. The van der Waals surface area contributed by atoms with Gasteiger partial charge >= 0.3 is 0 Å². The number of amides is 4. The number of hydrogen-bond donors (Lipinski definition) is 2. The molecule has 3 rings (SSSR count). The van der Waals surface area contributed by atoms with Gasteiger partial charge in [-0.05, 0) is 37.9 Å². The Morgan fingerprint density at radius 1 is 1.07 bits per heavy atom. The fraction of sp³-hybridized carbons (Fsp3) is 0.474. The number of fused-ring (bicyclic) bond motifs is 1. The number of halogens is 1. The van der Waals surface area contributed by atoms with Crippen molar-refractivity contribution in [3.63, 3.8) is 0 Å². The van der Waals surface area contributed by atoms with Crippen LogP contribution in [0.4, 0.5) is 0 Å². The molecule has 28 heavy (non-hydrogen) atoms. The maximum atomic E-state index is 12.9. The molecule has 1 saturated heterocycles. The molecule has 4 amide bonds. The largest absolute Gasteiger partial charge is 0.493 e. The second-order valence-electron chi connectivity index (χ2n) is 6.68. The van der Waals surface area contributed by atoms with E-state index in [1.807, 2.05) is 0 Å². The van der Waals surface area contributed by atoms with E-state index in [9.17, 15) is 19.2 Å². The van der Waals surface area contributed by atoms with Gasteiger partial charge in [-0.25, -0.2) is 0 Å². The van der Waals surface area contributed by atoms with E-state index in [0.29, 0.717) is 18.9 Å². The highest BCUT2D eigenvalue weighted by Crippen LogP contribution is 2.33. The minimum absolute atomic E-state index is 0. The lowest BCUT2D eigenvalue weighted by Gasteiger charge is -2.27. The highest BCUT2D eigenvalue weighted by Gasteiger charge is 2.45. The average Bonchev–Trinajstić information content (AvgIpc) is 2.90. The second-order valence-corrected chi connectivity index (χ2v) is 6.68. The fourth-order valence-corrected chi connectivity index (χ4v) is 3.39. The van der Waals surface area contributed by atoms with Crippen LogP contribution in [0.2, 0.25) is 0 Å². The van der Waals surface area contributed by atoms with Crippen LogP contribution in [-0.2, 0) is 9.59 Å². The van der Waals surface area contributed by atoms with Gasteiger partial charge in [-0.3, -0.25) is 29.4 Å². The van der Waals surface area contributed by atoms with Crippen molar-refractivity contribution in [3.8, 4) is 5.75 Å². The predicted octanol–water partition coefficient (Wildman–Crippen LogP) is 1.41. The maximum absolute atomic E-state index is 12.9. The first-order chi connectivity index (χ1) is 13.0. The Kier molecular flexibility index (Phi) is 7.53. The van der Waals surface area contributed by atoms with Crippen molar-refractivity contribution in [2.75, 3.05) is 13.2 Å². The zero-order chi connectivity index (χ0) is 19.4. The molecule has 3 N–H and O–H groups in total. The number of nitrogens with two attached hydrogens (primary N) is 1. The standard InChI is InChI=1S/C19H23N3O5.ClH/c20-10-3-1-2-4-11-27-14-7-5-6-12-16(14)19(26)22(18(12)25)13-8-9-15(23)21-17(13)24;/h5-7,13H,1-4,8-11,20H2,(H,21,23,24);1H. The van der Waals surface area contributed by atoms with Crippen LogP contribution in [0.1, 0.15) is 59.2 Å². The van der Waals surface area contributed by atoms with Crippen LogP contribution in [0.5, 0.6) is 5.75 Å². The van der Waals surface area contributed by atoms with Gasteiger partial charge in [0.15, 0.2) is 0 Å². The van der Waals surface area contributed by atoms with Crippen LogP contribution >= 0.6 is 12.4 Å². The normalized spacial score (nSPS) is 18.6. The van der Waals surface area contributed by atoms with Crippen LogP contribution in [0.3, 0.4) is 0 Å². The zero-order valence-electron chi connectivity index (χ0n) is 15.4. The van der Waals surface area contributed by atoms with Crippen LogP contribution in [0, 0.1) is 0 Å². The molecule has 1 unspecified atom stereocenters. The van der Waals surface area contributed by atoms with Crippen molar-refractivity contribution < 1.29 is 23.9 Å². The molecule has 2 aliphatic rings. The summed E-state index contributed by atoms with van der Waals surface area (Å²) in [6.45, 7) is 1.10. The number of ether oxygens (including phenoxy) is 1. The molecule has 1 atom stereocenters. The fourth-order valence-electron chi connectivity index (χ4n) is 3.39. The molecule has 0 aromatic heterocycles. The highest BCUT2D eigenvalue weighted by atomic mass is 35.5. The van der Waals surface area contributed by atoms with E-state index in [1.165, 1.54) is 0 Å². The van der Waals surface area contributed by atoms with Gasteiger partial charge in [0.05, 0.1) is 17.7 Å². The van der Waals surface area contributed by atoms with Crippen molar-refractivity contribution in [1.29, 1.82) is 0 Å². The van der Waals surface area contributed by atoms with Gasteiger partial charge in [-0.1, -0.05) is 18.9 Å². The third kappa shape index (κ3) is 4.34. The summed E-state index contributed by atoms with van der Waals surface area (Å²) in [5.41, 5.74) is 5.88. The smallest absolute Gasteiger partial charge is 0.266 e. The number of piperidine rings is 1. The molecule has 2 aliphatic heterocycles. The van der Waals surface area contributed by atoms with Crippen LogP contribution in [0.15, 0.2) is 18.2 Å². The topological polar surface area (TPSA) is 119 Å². The SMILES string of the molecule is Cl.NCCCCCCOc1cccc2c1C(=O)N(C1CCC(=O)NC1=O)C2=O. The molecule has 9 heteroatoms. The number of nitrogens with zero attached hydrogens (tertiary/aromatic N) is 1. The lowest BCUT2D eigenvalue weighted by Crippen LogP contribution is -2.54. The van der Waals surface area contributed by atoms with Crippen molar-refractivity contribution in [2.45, 2.75) is 44.6 Å². The van der Waals surface area contributed by atoms with Gasteiger partial charge in [0.2, 0.25) is 11.8 Å². The minimum Gasteiger partial charge on any atom is -0.493 e. The molecule has 2 heterocycles. The summed E-state index contributed by atoms with van der Waals surface area (Å²) in [4.78, 5) is 50.0. The van der Waals surface area contributed by atoms with Crippen molar-refractivity contribution in [1.82, 2.24) is 10.2 Å². The maximum Gasteiger partial charge on any atom is 0.266 e. The van der Waals surface area contributed by atoms with Crippen molar-refractivity contribution in [3.05, 3.63) is 29.3 Å². The first-order valence-corrected chi connectivity index (χ1v) is 9.22. The molecule has 0 spiro atoms. The van der Waals surface area contributed by atoms with Gasteiger partial charge in [0, 0.05) is 6.42 Å². The molecular formula is C19H24ClN3O5. The molecule has 0 saturated carbocycles. The number of nitrogens with one attached hydrogen (secondary N) is 1. The number of unbranched alkanes of at least 4 members (excludes halogenated alkanes) is 3. The van der Waals surface area contributed by atoms with Gasteiger partial charge < -0.3 is 10.5 Å². The van der Waals surface area contributed by atoms with E-state index in [-0.39, 0.29) is 36.4 Å². The Labute approximate surface area is 169 Å². The third-order valence-electron chi connectivity index (χ3n) is 4.79. The van der Waals surface area contributed by atoms with Crippen molar-refractivity contribution >= 4 is 36.0 Å². The number of carbonyl (C=O) groups is 4. The number of rotatable bonds is 8. The predicted molar refractivity (Wildman–Crippen MR) is 103 cm³/mol. The molecule has 0 radical (unpaired) electrons. The van der Waals surface area contributed by atoms with Gasteiger partial charge in [0.1, 0.15) is 11.8 Å². The number of carbonyl (C=O) groups excluding carboxylic acids is 4. The molecule has 0 bridgehead atoms. The summed E-state index contributed by atoms with van der Waals surface area (Å²) in [6, 6.07) is 3.88. The first kappa shape index (κ1) is 21.8. The molecule has 152 valence electrons. The van der Waals surface area contributed by atoms with Gasteiger partial charge in [0.25, 0.3) is 11.8 Å². The van der Waals surface area contributed by atoms with Gasteiger partial charge in [-0.15, -0.1) is 12.4 Å². The molecule has 0 aliphatic carbocycles. The Hall–Kier alpha value is -2.45. The Bertz CT molecular complexity index is 783. The van der Waals surface area contributed by atoms with E-state index in [4.69, 9.17) is 10.5 Å².